The number of aliphatic hydroxyl groups is 1. The molecule has 0 saturated heterocycles. The van der Waals surface area contributed by atoms with E-state index in [1.165, 1.54) is 5.56 Å². The van der Waals surface area contributed by atoms with Crippen molar-refractivity contribution in [1.29, 1.82) is 0 Å². The highest BCUT2D eigenvalue weighted by atomic mass is 16.3. The van der Waals surface area contributed by atoms with Crippen LogP contribution in [0, 0.1) is 0 Å². The van der Waals surface area contributed by atoms with Crippen molar-refractivity contribution < 1.29 is 5.11 Å². The lowest BCUT2D eigenvalue weighted by atomic mass is 9.94. The van der Waals surface area contributed by atoms with Gasteiger partial charge in [-0.15, -0.1) is 0 Å². The number of fused-ring (bicyclic) bond motifs is 1. The second kappa shape index (κ2) is 3.47. The maximum atomic E-state index is 8.75. The Balaban J connectivity index is 2.18. The number of nitrogens with zero attached hydrogens (tertiary/aromatic N) is 2. The van der Waals surface area contributed by atoms with Crippen LogP contribution in [0.5, 0.6) is 0 Å². The van der Waals surface area contributed by atoms with Crippen LogP contribution in [0.3, 0.4) is 0 Å². The van der Waals surface area contributed by atoms with Gasteiger partial charge in [-0.05, 0) is 24.8 Å². The lowest BCUT2D eigenvalue weighted by Crippen LogP contribution is -2.27. The van der Waals surface area contributed by atoms with Gasteiger partial charge in [-0.1, -0.05) is 0 Å². The molecule has 0 bridgehead atoms. The van der Waals surface area contributed by atoms with Crippen molar-refractivity contribution in [2.75, 3.05) is 6.61 Å². The van der Waals surface area contributed by atoms with Crippen LogP contribution in [0.4, 0.5) is 0 Å². The third-order valence-electron chi connectivity index (χ3n) is 2.49. The Hall–Kier alpha value is -0.870. The van der Waals surface area contributed by atoms with Gasteiger partial charge in [0.1, 0.15) is 0 Å². The average molecular weight is 181 g/mol. The Kier molecular flexibility index (Phi) is 2.33. The molecule has 0 unspecified atom stereocenters. The van der Waals surface area contributed by atoms with Gasteiger partial charge in [0.2, 0.25) is 0 Å². The first-order valence-electron chi connectivity index (χ1n) is 4.71. The summed E-state index contributed by atoms with van der Waals surface area (Å²) in [6.45, 7) is 0.731. The Morgan fingerprint density at radius 1 is 1.69 bits per heavy atom. The van der Waals surface area contributed by atoms with Gasteiger partial charge in [0.05, 0.1) is 18.8 Å². The van der Waals surface area contributed by atoms with E-state index in [1.54, 1.807) is 0 Å². The van der Waals surface area contributed by atoms with Crippen LogP contribution < -0.4 is 5.73 Å². The van der Waals surface area contributed by atoms with Crippen LogP contribution in [-0.4, -0.2) is 27.5 Å². The van der Waals surface area contributed by atoms with Gasteiger partial charge in [0.15, 0.2) is 0 Å². The number of aliphatic hydroxyl groups excluding tert-OH is 1. The van der Waals surface area contributed by atoms with Crippen LogP contribution in [0.15, 0.2) is 6.20 Å². The molecule has 3 N–H and O–H groups in total. The van der Waals surface area contributed by atoms with Crippen LogP contribution in [0.2, 0.25) is 0 Å². The summed E-state index contributed by atoms with van der Waals surface area (Å²) in [5.41, 5.74) is 8.27. The Labute approximate surface area is 77.4 Å². The largest absolute Gasteiger partial charge is 0.394 e. The van der Waals surface area contributed by atoms with Gasteiger partial charge in [-0.3, -0.25) is 4.68 Å². The topological polar surface area (TPSA) is 64.1 Å². The van der Waals surface area contributed by atoms with E-state index in [4.69, 9.17) is 10.8 Å². The summed E-state index contributed by atoms with van der Waals surface area (Å²) in [6, 6.07) is 0.291. The molecule has 0 saturated carbocycles. The van der Waals surface area contributed by atoms with E-state index in [-0.39, 0.29) is 6.61 Å². The summed E-state index contributed by atoms with van der Waals surface area (Å²) in [7, 11) is 0. The van der Waals surface area contributed by atoms with Crippen LogP contribution >= 0.6 is 0 Å². The van der Waals surface area contributed by atoms with Crippen molar-refractivity contribution in [3.05, 3.63) is 17.5 Å². The van der Waals surface area contributed by atoms with Gasteiger partial charge >= 0.3 is 0 Å². The molecule has 0 aromatic carbocycles. The summed E-state index contributed by atoms with van der Waals surface area (Å²) in [6.07, 6.45) is 4.95. The van der Waals surface area contributed by atoms with Crippen molar-refractivity contribution in [3.63, 3.8) is 0 Å². The molecule has 1 aromatic rings. The third-order valence-corrected chi connectivity index (χ3v) is 2.49. The van der Waals surface area contributed by atoms with E-state index in [2.05, 4.69) is 5.10 Å². The second-order valence-electron chi connectivity index (χ2n) is 3.59. The Morgan fingerprint density at radius 3 is 3.31 bits per heavy atom. The van der Waals surface area contributed by atoms with Gasteiger partial charge < -0.3 is 10.8 Å². The smallest absolute Gasteiger partial charge is 0.0657 e. The fourth-order valence-electron chi connectivity index (χ4n) is 1.81. The minimum Gasteiger partial charge on any atom is -0.394 e. The molecule has 4 heteroatoms. The zero-order chi connectivity index (χ0) is 9.26. The first-order chi connectivity index (χ1) is 6.29. The highest BCUT2D eigenvalue weighted by molar-refractivity contribution is 5.21. The van der Waals surface area contributed by atoms with Crippen molar-refractivity contribution in [1.82, 2.24) is 9.78 Å². The quantitative estimate of drug-likeness (QED) is 0.658. The molecule has 0 spiro atoms. The van der Waals surface area contributed by atoms with Crippen LogP contribution in [0.25, 0.3) is 0 Å². The molecule has 72 valence electrons. The summed E-state index contributed by atoms with van der Waals surface area (Å²) in [5.74, 6) is 0. The molecular formula is C9H15N3O. The molecule has 0 aliphatic heterocycles. The minimum absolute atomic E-state index is 0.145. The van der Waals surface area contributed by atoms with Crippen LogP contribution in [-0.2, 0) is 19.4 Å². The van der Waals surface area contributed by atoms with E-state index >= 15 is 0 Å². The van der Waals surface area contributed by atoms with Gasteiger partial charge in [-0.25, -0.2) is 0 Å². The monoisotopic (exact) mass is 181 g/mol. The highest BCUT2D eigenvalue weighted by Gasteiger charge is 2.18. The molecule has 0 fully saturated rings. The molecule has 0 radical (unpaired) electrons. The molecule has 1 aliphatic carbocycles. The second-order valence-corrected chi connectivity index (χ2v) is 3.59. The average Bonchev–Trinajstić information content (AvgIpc) is 2.46. The van der Waals surface area contributed by atoms with Crippen molar-refractivity contribution in [2.24, 2.45) is 5.73 Å². The molecule has 4 nitrogen and oxygen atoms in total. The van der Waals surface area contributed by atoms with Gasteiger partial charge in [-0.2, -0.15) is 5.10 Å². The first-order valence-corrected chi connectivity index (χ1v) is 4.71. The molecule has 1 aromatic heterocycles. The van der Waals surface area contributed by atoms with Gasteiger partial charge in [0.25, 0.3) is 0 Å². The zero-order valence-corrected chi connectivity index (χ0v) is 7.61. The van der Waals surface area contributed by atoms with E-state index in [9.17, 15) is 0 Å². The zero-order valence-electron chi connectivity index (χ0n) is 7.61. The molecule has 1 heterocycles. The number of rotatable bonds is 2. The minimum atomic E-state index is 0.145. The maximum Gasteiger partial charge on any atom is 0.0657 e. The van der Waals surface area contributed by atoms with Crippen molar-refractivity contribution >= 4 is 0 Å². The van der Waals surface area contributed by atoms with Gasteiger partial charge in [0, 0.05) is 12.2 Å². The molecule has 1 aliphatic rings. The van der Waals surface area contributed by atoms with E-state index in [0.29, 0.717) is 12.6 Å². The van der Waals surface area contributed by atoms with E-state index in [1.807, 2.05) is 10.9 Å². The fraction of sp³-hybridized carbons (Fsp3) is 0.667. The standard InChI is InChI=1S/C9H15N3O/c10-8-1-2-9-7(5-8)6-12(11-9)3-4-13/h6,8,13H,1-5,10H2/t8-/m0/s1. The maximum absolute atomic E-state index is 8.75. The lowest BCUT2D eigenvalue weighted by Gasteiger charge is -2.15. The molecule has 2 rings (SSSR count). The normalized spacial score (nSPS) is 21.5. The summed E-state index contributed by atoms with van der Waals surface area (Å²) in [5, 5.41) is 13.1. The molecular weight excluding hydrogens is 166 g/mol. The summed E-state index contributed by atoms with van der Waals surface area (Å²) in [4.78, 5) is 0. The highest BCUT2D eigenvalue weighted by Crippen LogP contribution is 2.18. The van der Waals surface area contributed by atoms with Crippen molar-refractivity contribution in [2.45, 2.75) is 31.8 Å². The predicted molar refractivity (Wildman–Crippen MR) is 49.3 cm³/mol. The van der Waals surface area contributed by atoms with Crippen LogP contribution in [0.1, 0.15) is 17.7 Å². The number of nitrogens with two attached hydrogens (primary N) is 1. The predicted octanol–water partition coefficient (Wildman–Crippen LogP) is -0.309. The van der Waals surface area contributed by atoms with Crippen molar-refractivity contribution in [3.8, 4) is 0 Å². The summed E-state index contributed by atoms with van der Waals surface area (Å²) < 4.78 is 1.81. The number of aromatic nitrogens is 2. The number of hydrogen-bond donors (Lipinski definition) is 2. The molecule has 1 atom stereocenters. The Morgan fingerprint density at radius 2 is 2.54 bits per heavy atom. The number of hydrogen-bond acceptors (Lipinski definition) is 3. The molecule has 0 amide bonds. The first kappa shape index (κ1) is 8.72. The number of aryl methyl sites for hydroxylation is 1. The lowest BCUT2D eigenvalue weighted by molar-refractivity contribution is 0.269. The van der Waals surface area contributed by atoms with E-state index in [0.717, 1.165) is 25.0 Å². The third kappa shape index (κ3) is 1.73. The molecule has 13 heavy (non-hydrogen) atoms. The Bertz CT molecular complexity index is 295. The van der Waals surface area contributed by atoms with E-state index < -0.39 is 0 Å². The summed E-state index contributed by atoms with van der Waals surface area (Å²) >= 11 is 0. The SMILES string of the molecule is N[C@H]1CCc2nn(CCO)cc2C1. The fourth-order valence-corrected chi connectivity index (χ4v) is 1.81.